The molecule has 10 nitrogen and oxygen atoms in total. The highest BCUT2D eigenvalue weighted by molar-refractivity contribution is 6.13. The number of nitrogens with zero attached hydrogens (tertiary/aromatic N) is 2. The van der Waals surface area contributed by atoms with Gasteiger partial charge in [-0.05, 0) is 6.92 Å². The van der Waals surface area contributed by atoms with Gasteiger partial charge in [-0.15, -0.1) is 0 Å². The minimum atomic E-state index is -1.05. The van der Waals surface area contributed by atoms with E-state index in [-0.39, 0.29) is 56.9 Å². The van der Waals surface area contributed by atoms with E-state index >= 15 is 0 Å². The molecular weight excluding hydrogens is 384 g/mol. The van der Waals surface area contributed by atoms with Crippen molar-refractivity contribution in [3.63, 3.8) is 0 Å². The number of amides is 4. The number of imide groups is 2. The van der Waals surface area contributed by atoms with Gasteiger partial charge in [-0.25, -0.2) is 0 Å². The maximum Gasteiger partial charge on any atom is 0.256 e. The molecule has 0 bridgehead atoms. The summed E-state index contributed by atoms with van der Waals surface area (Å²) in [6, 6.07) is 0. The molecule has 2 aliphatic rings. The number of carbonyl (C=O) groups is 4. The predicted octanol–water partition coefficient (Wildman–Crippen LogP) is -1.24. The molecule has 0 spiro atoms. The highest BCUT2D eigenvalue weighted by atomic mass is 16.5. The average Bonchev–Trinajstić information content (AvgIpc) is 3.03. The first-order chi connectivity index (χ1) is 13.6. The monoisotopic (exact) mass is 410 g/mol. The van der Waals surface area contributed by atoms with Gasteiger partial charge in [-0.1, -0.05) is 13.2 Å². The molecule has 0 saturated carbocycles. The number of rotatable bonds is 11. The van der Waals surface area contributed by atoms with Crippen LogP contribution < -0.4 is 0 Å². The molecule has 2 aliphatic heterocycles. The summed E-state index contributed by atoms with van der Waals surface area (Å²) in [5, 5.41) is 19.9. The van der Waals surface area contributed by atoms with Crippen molar-refractivity contribution in [2.24, 2.45) is 0 Å². The SMILES string of the molecule is C=C1CC(=O)N(CC(O)COCC(C)OCC(O)CN2C(=O)CC(=C)C2=O)C1=O. The molecule has 0 aliphatic carbocycles. The number of ether oxygens (including phenoxy) is 2. The Kier molecular flexibility index (Phi) is 7.80. The summed E-state index contributed by atoms with van der Waals surface area (Å²) in [6.07, 6.45) is -2.62. The van der Waals surface area contributed by atoms with Gasteiger partial charge < -0.3 is 19.7 Å². The molecule has 160 valence electrons. The Balaban J connectivity index is 1.62. The van der Waals surface area contributed by atoms with E-state index in [0.717, 1.165) is 9.80 Å². The van der Waals surface area contributed by atoms with Crippen LogP contribution in [0, 0.1) is 0 Å². The largest absolute Gasteiger partial charge is 0.389 e. The third kappa shape index (κ3) is 6.04. The Morgan fingerprint density at radius 1 is 0.862 bits per heavy atom. The summed E-state index contributed by atoms with van der Waals surface area (Å²) in [5.41, 5.74) is 0.399. The summed E-state index contributed by atoms with van der Waals surface area (Å²) in [7, 11) is 0. The van der Waals surface area contributed by atoms with Crippen LogP contribution in [0.1, 0.15) is 19.8 Å². The van der Waals surface area contributed by atoms with Crippen LogP contribution in [0.4, 0.5) is 0 Å². The zero-order valence-electron chi connectivity index (χ0n) is 16.3. The van der Waals surface area contributed by atoms with E-state index in [0.29, 0.717) is 0 Å². The van der Waals surface area contributed by atoms with E-state index in [1.165, 1.54) is 0 Å². The molecule has 3 atom stereocenters. The molecule has 0 aromatic heterocycles. The molecule has 0 aromatic rings. The van der Waals surface area contributed by atoms with Crippen LogP contribution in [0.2, 0.25) is 0 Å². The van der Waals surface area contributed by atoms with Crippen LogP contribution in [0.3, 0.4) is 0 Å². The van der Waals surface area contributed by atoms with Gasteiger partial charge in [0, 0.05) is 11.1 Å². The van der Waals surface area contributed by atoms with Gasteiger partial charge in [-0.2, -0.15) is 0 Å². The van der Waals surface area contributed by atoms with Gasteiger partial charge in [0.1, 0.15) is 0 Å². The van der Waals surface area contributed by atoms with Crippen LogP contribution in [-0.2, 0) is 28.7 Å². The van der Waals surface area contributed by atoms with Crippen molar-refractivity contribution >= 4 is 23.6 Å². The van der Waals surface area contributed by atoms with Crippen molar-refractivity contribution in [1.29, 1.82) is 0 Å². The van der Waals surface area contributed by atoms with E-state index < -0.39 is 41.9 Å². The summed E-state index contributed by atoms with van der Waals surface area (Å²) >= 11 is 0. The zero-order chi connectivity index (χ0) is 21.7. The molecule has 0 radical (unpaired) electrons. The molecule has 2 fully saturated rings. The fourth-order valence-corrected chi connectivity index (χ4v) is 2.91. The number of β-amino-alcohol motifs (C(OH)–C–C–N with tert-alkyl or cyclic N) is 2. The van der Waals surface area contributed by atoms with Crippen molar-refractivity contribution in [3.05, 3.63) is 24.3 Å². The summed E-state index contributed by atoms with van der Waals surface area (Å²) in [5.74, 6) is -1.78. The van der Waals surface area contributed by atoms with Crippen molar-refractivity contribution < 1.29 is 38.9 Å². The quantitative estimate of drug-likeness (QED) is 0.319. The summed E-state index contributed by atoms with van der Waals surface area (Å²) < 4.78 is 10.7. The first-order valence-electron chi connectivity index (χ1n) is 9.20. The lowest BCUT2D eigenvalue weighted by Crippen LogP contribution is -2.39. The number of aliphatic hydroxyl groups excluding tert-OH is 2. The number of carbonyl (C=O) groups excluding carboxylic acids is 4. The fraction of sp³-hybridized carbons (Fsp3) is 0.579. The lowest BCUT2D eigenvalue weighted by Gasteiger charge is -2.21. The zero-order valence-corrected chi connectivity index (χ0v) is 16.3. The van der Waals surface area contributed by atoms with Gasteiger partial charge >= 0.3 is 0 Å². The number of aliphatic hydroxyl groups is 2. The van der Waals surface area contributed by atoms with Gasteiger partial charge in [0.2, 0.25) is 11.8 Å². The third-order valence-electron chi connectivity index (χ3n) is 4.45. The van der Waals surface area contributed by atoms with E-state index in [9.17, 15) is 29.4 Å². The molecule has 2 heterocycles. The van der Waals surface area contributed by atoms with E-state index in [1.807, 2.05) is 0 Å². The second-order valence-corrected chi connectivity index (χ2v) is 7.17. The molecule has 0 aromatic carbocycles. The summed E-state index contributed by atoms with van der Waals surface area (Å²) in [4.78, 5) is 48.7. The van der Waals surface area contributed by atoms with Crippen LogP contribution >= 0.6 is 0 Å². The Bertz CT molecular complexity index is 719. The standard InChI is InChI=1S/C19H26N2O8/c1-11-4-16(24)20(18(11)26)6-14(22)9-28-8-13(3)29-10-15(23)7-21-17(25)5-12(2)19(21)27/h13-15,22-23H,1-2,4-10H2,3H3. The Morgan fingerprint density at radius 2 is 1.31 bits per heavy atom. The van der Waals surface area contributed by atoms with Gasteiger partial charge in [-0.3, -0.25) is 29.0 Å². The molecule has 2 N–H and O–H groups in total. The van der Waals surface area contributed by atoms with E-state index in [4.69, 9.17) is 9.47 Å². The Morgan fingerprint density at radius 3 is 1.72 bits per heavy atom. The van der Waals surface area contributed by atoms with Crippen molar-refractivity contribution in [1.82, 2.24) is 9.80 Å². The van der Waals surface area contributed by atoms with E-state index in [2.05, 4.69) is 13.2 Å². The van der Waals surface area contributed by atoms with Crippen LogP contribution in [0.15, 0.2) is 24.3 Å². The average molecular weight is 410 g/mol. The molecule has 29 heavy (non-hydrogen) atoms. The van der Waals surface area contributed by atoms with Gasteiger partial charge in [0.05, 0.1) is 64.1 Å². The molecule has 2 saturated heterocycles. The normalized spacial score (nSPS) is 20.8. The second kappa shape index (κ2) is 9.88. The maximum absolute atomic E-state index is 11.7. The Labute approximate surface area is 168 Å². The minimum absolute atomic E-state index is 0.0393. The van der Waals surface area contributed by atoms with Crippen LogP contribution in [-0.4, -0.2) is 94.9 Å². The first kappa shape index (κ1) is 22.9. The van der Waals surface area contributed by atoms with Gasteiger partial charge in [0.25, 0.3) is 11.8 Å². The maximum atomic E-state index is 11.7. The Hall–Kier alpha value is -2.40. The van der Waals surface area contributed by atoms with Gasteiger partial charge in [0.15, 0.2) is 0 Å². The van der Waals surface area contributed by atoms with Crippen molar-refractivity contribution in [2.45, 2.75) is 38.1 Å². The van der Waals surface area contributed by atoms with Crippen LogP contribution in [0.25, 0.3) is 0 Å². The van der Waals surface area contributed by atoms with E-state index in [1.54, 1.807) is 6.92 Å². The second-order valence-electron chi connectivity index (χ2n) is 7.17. The number of likely N-dealkylation sites (tertiary alicyclic amines) is 2. The number of hydrogen-bond donors (Lipinski definition) is 2. The topological polar surface area (TPSA) is 134 Å². The molecular formula is C19H26N2O8. The first-order valence-corrected chi connectivity index (χ1v) is 9.20. The van der Waals surface area contributed by atoms with Crippen molar-refractivity contribution in [2.75, 3.05) is 32.9 Å². The molecule has 3 unspecified atom stereocenters. The minimum Gasteiger partial charge on any atom is -0.389 e. The smallest absolute Gasteiger partial charge is 0.256 e. The number of hydrogen-bond acceptors (Lipinski definition) is 8. The fourth-order valence-electron chi connectivity index (χ4n) is 2.91. The lowest BCUT2D eigenvalue weighted by molar-refractivity contribution is -0.142. The van der Waals surface area contributed by atoms with Crippen molar-refractivity contribution in [3.8, 4) is 0 Å². The summed E-state index contributed by atoms with van der Waals surface area (Å²) in [6.45, 7) is 8.21. The molecule has 10 heteroatoms. The predicted molar refractivity (Wildman–Crippen MR) is 99.2 cm³/mol. The molecule has 2 rings (SSSR count). The highest BCUT2D eigenvalue weighted by Gasteiger charge is 2.34. The highest BCUT2D eigenvalue weighted by Crippen LogP contribution is 2.18. The molecule has 4 amide bonds. The van der Waals surface area contributed by atoms with Crippen LogP contribution in [0.5, 0.6) is 0 Å². The lowest BCUT2D eigenvalue weighted by atomic mass is 10.3. The third-order valence-corrected chi connectivity index (χ3v) is 4.45.